The first-order valence-electron chi connectivity index (χ1n) is 7.84. The lowest BCUT2D eigenvalue weighted by atomic mass is 9.90. The molecule has 1 N–H and O–H groups in total. The van der Waals surface area contributed by atoms with Crippen molar-refractivity contribution in [3.05, 3.63) is 34.9 Å². The lowest BCUT2D eigenvalue weighted by molar-refractivity contribution is -0.144. The van der Waals surface area contributed by atoms with E-state index in [-0.39, 0.29) is 24.8 Å². The monoisotopic (exact) mass is 362 g/mol. The van der Waals surface area contributed by atoms with Crippen molar-refractivity contribution in [1.29, 1.82) is 0 Å². The topological polar surface area (TPSA) is 43.8 Å². The Balaban J connectivity index is 0.00000242. The zero-order chi connectivity index (χ0) is 15.4. The van der Waals surface area contributed by atoms with Gasteiger partial charge in [-0.15, -0.1) is 24.8 Å². The number of nitrogens with zero attached hydrogens (tertiary/aromatic N) is 2. The van der Waals surface area contributed by atoms with Crippen LogP contribution in [0.15, 0.2) is 18.2 Å². The van der Waals surface area contributed by atoms with Crippen molar-refractivity contribution in [2.24, 2.45) is 0 Å². The van der Waals surface area contributed by atoms with Crippen molar-refractivity contribution in [2.45, 2.75) is 32.7 Å². The molecular weight excluding hydrogens is 335 g/mol. The highest BCUT2D eigenvalue weighted by atomic mass is 35.5. The molecule has 2 rings (SSSR count). The average molecular weight is 363 g/mol. The molecule has 132 valence electrons. The fourth-order valence-corrected chi connectivity index (χ4v) is 3.18. The lowest BCUT2D eigenvalue weighted by Crippen LogP contribution is -2.48. The van der Waals surface area contributed by atoms with E-state index >= 15 is 0 Å². The van der Waals surface area contributed by atoms with Crippen LogP contribution in [0.2, 0.25) is 0 Å². The summed E-state index contributed by atoms with van der Waals surface area (Å²) in [4.78, 5) is 16.3. The summed E-state index contributed by atoms with van der Waals surface area (Å²) in [5.41, 5.74) is 3.36. The Morgan fingerprint density at radius 2 is 1.57 bits per heavy atom. The Bertz CT molecular complexity index is 481. The van der Waals surface area contributed by atoms with Crippen LogP contribution in [0.3, 0.4) is 0 Å². The van der Waals surface area contributed by atoms with Gasteiger partial charge in [-0.2, -0.15) is 0 Å². The minimum absolute atomic E-state index is 0. The van der Waals surface area contributed by atoms with Crippen molar-refractivity contribution >= 4 is 30.8 Å². The molecule has 1 saturated heterocycles. The molecule has 0 amide bonds. The van der Waals surface area contributed by atoms with Crippen LogP contribution in [0.4, 0.5) is 0 Å². The van der Waals surface area contributed by atoms with E-state index in [2.05, 4.69) is 42.8 Å². The molecule has 1 aliphatic rings. The summed E-state index contributed by atoms with van der Waals surface area (Å²) in [5, 5.41) is 9.83. The minimum Gasteiger partial charge on any atom is -0.480 e. The number of aliphatic carboxylic acids is 1. The molecule has 1 aromatic rings. The predicted molar refractivity (Wildman–Crippen MR) is 99.1 cm³/mol. The summed E-state index contributed by atoms with van der Waals surface area (Å²) in [5.74, 6) is -0.727. The smallest absolute Gasteiger partial charge is 0.325 e. The summed E-state index contributed by atoms with van der Waals surface area (Å²) >= 11 is 0. The first kappa shape index (κ1) is 22.2. The standard InChI is InChI=1S/C17H26N2O2.2ClH/c1-4-13-7-6-8-14(5-2)15(13)16(17(20)21)19-11-9-18(3)10-12-19;;/h6-8,16H,4-5,9-12H2,1-3H3,(H,20,21);2*1H. The number of hydrogen-bond donors (Lipinski definition) is 1. The highest BCUT2D eigenvalue weighted by Crippen LogP contribution is 2.29. The Morgan fingerprint density at radius 3 is 1.96 bits per heavy atom. The average Bonchev–Trinajstić information content (AvgIpc) is 2.49. The van der Waals surface area contributed by atoms with Gasteiger partial charge in [0.25, 0.3) is 0 Å². The molecule has 0 radical (unpaired) electrons. The Kier molecular flexibility index (Phi) is 9.78. The number of carbonyl (C=O) groups is 1. The van der Waals surface area contributed by atoms with E-state index in [9.17, 15) is 9.90 Å². The number of carboxylic acid groups (broad SMARTS) is 1. The van der Waals surface area contributed by atoms with Gasteiger partial charge in [0.2, 0.25) is 0 Å². The second-order valence-electron chi connectivity index (χ2n) is 5.78. The van der Waals surface area contributed by atoms with Crippen LogP contribution in [0.25, 0.3) is 0 Å². The molecule has 23 heavy (non-hydrogen) atoms. The highest BCUT2D eigenvalue weighted by Gasteiger charge is 2.32. The minimum atomic E-state index is -0.727. The first-order valence-corrected chi connectivity index (χ1v) is 7.84. The molecule has 1 aliphatic heterocycles. The maximum atomic E-state index is 12.0. The zero-order valence-electron chi connectivity index (χ0n) is 14.1. The number of likely N-dealkylation sites (N-methyl/N-ethyl adjacent to an activating group) is 1. The van der Waals surface area contributed by atoms with Crippen molar-refractivity contribution in [3.63, 3.8) is 0 Å². The fourth-order valence-electron chi connectivity index (χ4n) is 3.18. The van der Waals surface area contributed by atoms with Crippen molar-refractivity contribution < 1.29 is 9.90 Å². The third-order valence-corrected chi connectivity index (χ3v) is 4.46. The number of rotatable bonds is 5. The number of halogens is 2. The van der Waals surface area contributed by atoms with Gasteiger partial charge < -0.3 is 10.0 Å². The van der Waals surface area contributed by atoms with Gasteiger partial charge in [0.05, 0.1) is 0 Å². The molecule has 4 nitrogen and oxygen atoms in total. The number of carboxylic acids is 1. The van der Waals surface area contributed by atoms with Crippen LogP contribution in [-0.4, -0.2) is 54.1 Å². The van der Waals surface area contributed by atoms with Gasteiger partial charge in [0.15, 0.2) is 0 Å². The number of hydrogen-bond acceptors (Lipinski definition) is 3. The molecule has 0 spiro atoms. The Hall–Kier alpha value is -0.810. The molecular formula is C17H28Cl2N2O2. The van der Waals surface area contributed by atoms with Gasteiger partial charge in [-0.05, 0) is 36.6 Å². The summed E-state index contributed by atoms with van der Waals surface area (Å²) in [7, 11) is 2.09. The Labute approximate surface area is 151 Å². The van der Waals surface area contributed by atoms with E-state index in [0.29, 0.717) is 0 Å². The molecule has 0 aliphatic carbocycles. The maximum Gasteiger partial charge on any atom is 0.325 e. The maximum absolute atomic E-state index is 12.0. The van der Waals surface area contributed by atoms with E-state index in [1.54, 1.807) is 0 Å². The number of aryl methyl sites for hydroxylation is 2. The summed E-state index contributed by atoms with van der Waals surface area (Å²) in [6.07, 6.45) is 1.75. The zero-order valence-corrected chi connectivity index (χ0v) is 15.8. The molecule has 1 atom stereocenters. The third-order valence-electron chi connectivity index (χ3n) is 4.46. The molecule has 6 heteroatoms. The number of benzene rings is 1. The summed E-state index contributed by atoms with van der Waals surface area (Å²) in [6.45, 7) is 7.69. The van der Waals surface area contributed by atoms with E-state index in [4.69, 9.17) is 0 Å². The van der Waals surface area contributed by atoms with Crippen LogP contribution in [0.1, 0.15) is 36.6 Å². The van der Waals surface area contributed by atoms with E-state index < -0.39 is 12.0 Å². The summed E-state index contributed by atoms with van der Waals surface area (Å²) < 4.78 is 0. The van der Waals surface area contributed by atoms with Gasteiger partial charge in [-0.3, -0.25) is 9.69 Å². The van der Waals surface area contributed by atoms with Gasteiger partial charge in [-0.1, -0.05) is 32.0 Å². The quantitative estimate of drug-likeness (QED) is 0.874. The molecule has 1 heterocycles. The van der Waals surface area contributed by atoms with E-state index in [1.165, 1.54) is 11.1 Å². The third kappa shape index (κ3) is 5.08. The first-order chi connectivity index (χ1) is 10.1. The summed E-state index contributed by atoms with van der Waals surface area (Å²) in [6, 6.07) is 5.68. The second kappa shape index (κ2) is 10.1. The largest absolute Gasteiger partial charge is 0.480 e. The van der Waals surface area contributed by atoms with E-state index in [1.807, 2.05) is 6.07 Å². The van der Waals surface area contributed by atoms with Crippen molar-refractivity contribution in [2.75, 3.05) is 33.2 Å². The van der Waals surface area contributed by atoms with E-state index in [0.717, 1.165) is 44.6 Å². The predicted octanol–water partition coefficient (Wildman–Crippen LogP) is 3.03. The SMILES string of the molecule is CCc1cccc(CC)c1C(C(=O)O)N1CCN(C)CC1.Cl.Cl. The van der Waals surface area contributed by atoms with Crippen LogP contribution >= 0.6 is 24.8 Å². The highest BCUT2D eigenvalue weighted by molar-refractivity contribution is 5.85. The molecule has 1 fully saturated rings. The fraction of sp³-hybridized carbons (Fsp3) is 0.588. The van der Waals surface area contributed by atoms with Gasteiger partial charge >= 0.3 is 5.97 Å². The second-order valence-corrected chi connectivity index (χ2v) is 5.78. The Morgan fingerprint density at radius 1 is 1.09 bits per heavy atom. The van der Waals surface area contributed by atoms with Crippen LogP contribution < -0.4 is 0 Å². The molecule has 0 aromatic heterocycles. The molecule has 1 unspecified atom stereocenters. The van der Waals surface area contributed by atoms with Crippen molar-refractivity contribution in [3.8, 4) is 0 Å². The van der Waals surface area contributed by atoms with Gasteiger partial charge in [0.1, 0.15) is 6.04 Å². The van der Waals surface area contributed by atoms with Crippen LogP contribution in [-0.2, 0) is 17.6 Å². The van der Waals surface area contributed by atoms with Crippen LogP contribution in [0, 0.1) is 0 Å². The van der Waals surface area contributed by atoms with Crippen molar-refractivity contribution in [1.82, 2.24) is 9.80 Å². The molecule has 1 aromatic carbocycles. The van der Waals surface area contributed by atoms with Gasteiger partial charge in [0, 0.05) is 26.2 Å². The number of piperazine rings is 1. The van der Waals surface area contributed by atoms with Crippen LogP contribution in [0.5, 0.6) is 0 Å². The molecule has 0 saturated carbocycles. The molecule has 0 bridgehead atoms. The van der Waals surface area contributed by atoms with Gasteiger partial charge in [-0.25, -0.2) is 0 Å². The normalized spacial score (nSPS) is 17.0. The lowest BCUT2D eigenvalue weighted by Gasteiger charge is -2.37.